The molecule has 2 saturated carbocycles. The second kappa shape index (κ2) is 3.08. The number of carbonyl (C=O) groups excluding carboxylic acids is 1. The van der Waals surface area contributed by atoms with Crippen molar-refractivity contribution in [3.05, 3.63) is 24.3 Å². The zero-order chi connectivity index (χ0) is 12.7. The Balaban J connectivity index is 1.77. The second-order valence-corrected chi connectivity index (χ2v) is 6.36. The van der Waals surface area contributed by atoms with Gasteiger partial charge in [-0.3, -0.25) is 0 Å². The lowest BCUT2D eigenvalue weighted by Crippen LogP contribution is -2.37. The molecule has 0 radical (unpaired) electrons. The molecule has 18 heavy (non-hydrogen) atoms. The molecule has 2 saturated heterocycles. The molecule has 0 amide bonds. The third-order valence-corrected chi connectivity index (χ3v) is 5.55. The van der Waals surface area contributed by atoms with Gasteiger partial charge in [-0.15, -0.1) is 0 Å². The maximum Gasteiger partial charge on any atom is 0.334 e. The van der Waals surface area contributed by atoms with E-state index in [4.69, 9.17) is 9.47 Å². The highest BCUT2D eigenvalue weighted by Gasteiger charge is 2.70. The van der Waals surface area contributed by atoms with Gasteiger partial charge < -0.3 is 9.47 Å². The molecule has 0 aromatic rings. The molecule has 96 valence electrons. The van der Waals surface area contributed by atoms with E-state index < -0.39 is 0 Å². The van der Waals surface area contributed by atoms with Crippen molar-refractivity contribution in [2.45, 2.75) is 44.0 Å². The third kappa shape index (κ3) is 1.11. The summed E-state index contributed by atoms with van der Waals surface area (Å²) in [5, 5.41) is 0. The first kappa shape index (κ1) is 10.8. The van der Waals surface area contributed by atoms with Gasteiger partial charge in [-0.05, 0) is 32.1 Å². The van der Waals surface area contributed by atoms with Crippen LogP contribution < -0.4 is 0 Å². The normalized spacial score (nSPS) is 53.4. The van der Waals surface area contributed by atoms with Gasteiger partial charge in [0.15, 0.2) is 0 Å². The number of allylic oxidation sites excluding steroid dienone is 1. The zero-order valence-corrected chi connectivity index (χ0v) is 10.6. The lowest BCUT2D eigenvalue weighted by atomic mass is 9.78. The van der Waals surface area contributed by atoms with Crippen LogP contribution in [0.4, 0.5) is 0 Å². The molecule has 0 bridgehead atoms. The summed E-state index contributed by atoms with van der Waals surface area (Å²) in [6, 6.07) is 0. The highest BCUT2D eigenvalue weighted by Crippen LogP contribution is 2.63. The molecule has 4 fully saturated rings. The molecule has 2 aliphatic heterocycles. The van der Waals surface area contributed by atoms with Crippen LogP contribution in [0.5, 0.6) is 0 Å². The highest BCUT2D eigenvalue weighted by atomic mass is 16.6. The molecule has 0 aromatic carbocycles. The third-order valence-electron chi connectivity index (χ3n) is 5.55. The Morgan fingerprint density at radius 1 is 1.33 bits per heavy atom. The van der Waals surface area contributed by atoms with Crippen LogP contribution in [0.15, 0.2) is 24.3 Å². The largest absolute Gasteiger partial charge is 0.458 e. The molecule has 2 aliphatic carbocycles. The van der Waals surface area contributed by atoms with Gasteiger partial charge in [0, 0.05) is 17.4 Å². The SMILES string of the molecule is C=C1CC[C@H]2C(=C)C(=O)O[C@@H]2[C@H]2[C@@H]1C[C@@H]1O[C@]21C. The number of hydrogen-bond donors (Lipinski definition) is 0. The second-order valence-electron chi connectivity index (χ2n) is 6.36. The predicted molar refractivity (Wildman–Crippen MR) is 65.8 cm³/mol. The van der Waals surface area contributed by atoms with Gasteiger partial charge in [-0.25, -0.2) is 4.79 Å². The molecule has 3 heteroatoms. The number of ether oxygens (including phenoxy) is 2. The number of carbonyl (C=O) groups is 1. The van der Waals surface area contributed by atoms with E-state index in [0.717, 1.165) is 19.3 Å². The van der Waals surface area contributed by atoms with Crippen LogP contribution in [0.25, 0.3) is 0 Å². The van der Waals surface area contributed by atoms with Gasteiger partial charge in [0.1, 0.15) is 6.10 Å². The van der Waals surface area contributed by atoms with Crippen molar-refractivity contribution in [3.8, 4) is 0 Å². The Kier molecular flexibility index (Phi) is 1.85. The highest BCUT2D eigenvalue weighted by molar-refractivity contribution is 5.90. The van der Waals surface area contributed by atoms with Crippen molar-refractivity contribution in [3.63, 3.8) is 0 Å². The maximum atomic E-state index is 11.8. The molecule has 0 N–H and O–H groups in total. The Morgan fingerprint density at radius 2 is 2.11 bits per heavy atom. The minimum absolute atomic E-state index is 0.0354. The molecule has 2 heterocycles. The minimum atomic E-state index is -0.205. The van der Waals surface area contributed by atoms with E-state index in [2.05, 4.69) is 20.1 Å². The molecule has 6 atom stereocenters. The van der Waals surface area contributed by atoms with Crippen LogP contribution in [0.3, 0.4) is 0 Å². The van der Waals surface area contributed by atoms with Gasteiger partial charge in [-0.1, -0.05) is 18.7 Å². The lowest BCUT2D eigenvalue weighted by Gasteiger charge is -2.30. The summed E-state index contributed by atoms with van der Waals surface area (Å²) in [5.74, 6) is 0.709. The van der Waals surface area contributed by atoms with Crippen LogP contribution in [0.2, 0.25) is 0 Å². The van der Waals surface area contributed by atoms with E-state index in [1.807, 2.05) is 0 Å². The van der Waals surface area contributed by atoms with Gasteiger partial charge in [-0.2, -0.15) is 0 Å². The Bertz CT molecular complexity index is 480. The fraction of sp³-hybridized carbons (Fsp3) is 0.667. The molecule has 0 unspecified atom stereocenters. The molecule has 0 spiro atoms. The number of esters is 1. The molecule has 3 nitrogen and oxygen atoms in total. The molecular weight excluding hydrogens is 228 g/mol. The Morgan fingerprint density at radius 3 is 2.89 bits per heavy atom. The molecule has 0 aromatic heterocycles. The standard InChI is InChI=1S/C15H18O3/c1-7-4-5-9-8(2)14(16)17-13(9)12-10(7)6-11-15(12,3)18-11/h9-13H,1-2,4-6H2,3H3/t9-,10+,11-,12+,13-,15-/m0/s1. The summed E-state index contributed by atoms with van der Waals surface area (Å²) in [6.07, 6.45) is 3.29. The van der Waals surface area contributed by atoms with Crippen molar-refractivity contribution in [2.75, 3.05) is 0 Å². The fourth-order valence-corrected chi connectivity index (χ4v) is 4.42. The average molecular weight is 246 g/mol. The van der Waals surface area contributed by atoms with Gasteiger partial charge in [0.25, 0.3) is 0 Å². The topological polar surface area (TPSA) is 38.8 Å². The van der Waals surface area contributed by atoms with Crippen molar-refractivity contribution in [1.82, 2.24) is 0 Å². The number of rotatable bonds is 0. The van der Waals surface area contributed by atoms with Crippen molar-refractivity contribution in [2.24, 2.45) is 17.8 Å². The maximum absolute atomic E-state index is 11.8. The van der Waals surface area contributed by atoms with E-state index >= 15 is 0 Å². The summed E-state index contributed by atoms with van der Waals surface area (Å²) >= 11 is 0. The first-order valence-electron chi connectivity index (χ1n) is 6.77. The first-order valence-corrected chi connectivity index (χ1v) is 6.77. The zero-order valence-electron chi connectivity index (χ0n) is 10.6. The van der Waals surface area contributed by atoms with E-state index in [0.29, 0.717) is 17.6 Å². The summed E-state index contributed by atoms with van der Waals surface area (Å²) < 4.78 is 11.5. The van der Waals surface area contributed by atoms with E-state index in [1.54, 1.807) is 0 Å². The fourth-order valence-electron chi connectivity index (χ4n) is 4.42. The van der Waals surface area contributed by atoms with Crippen molar-refractivity contribution < 1.29 is 14.3 Å². The van der Waals surface area contributed by atoms with E-state index in [1.165, 1.54) is 5.57 Å². The van der Waals surface area contributed by atoms with Crippen LogP contribution in [0.1, 0.15) is 26.2 Å². The monoisotopic (exact) mass is 246 g/mol. The van der Waals surface area contributed by atoms with E-state index in [9.17, 15) is 4.79 Å². The lowest BCUT2D eigenvalue weighted by molar-refractivity contribution is -0.143. The van der Waals surface area contributed by atoms with Gasteiger partial charge in [0.2, 0.25) is 0 Å². The van der Waals surface area contributed by atoms with Crippen LogP contribution in [0, 0.1) is 17.8 Å². The van der Waals surface area contributed by atoms with Gasteiger partial charge >= 0.3 is 5.97 Å². The van der Waals surface area contributed by atoms with Crippen molar-refractivity contribution >= 4 is 5.97 Å². The van der Waals surface area contributed by atoms with Crippen LogP contribution in [-0.4, -0.2) is 23.8 Å². The average Bonchev–Trinajstić information content (AvgIpc) is 2.82. The smallest absolute Gasteiger partial charge is 0.334 e. The summed E-state index contributed by atoms with van der Waals surface area (Å²) in [4.78, 5) is 11.8. The predicted octanol–water partition coefficient (Wildman–Crippen LogP) is 2.23. The summed E-state index contributed by atoms with van der Waals surface area (Å²) in [6.45, 7) is 10.3. The number of fused-ring (bicyclic) bond motifs is 5. The van der Waals surface area contributed by atoms with Crippen LogP contribution in [-0.2, 0) is 14.3 Å². The Hall–Kier alpha value is -1.09. The molecule has 4 aliphatic rings. The minimum Gasteiger partial charge on any atom is -0.458 e. The molecule has 4 rings (SSSR count). The van der Waals surface area contributed by atoms with Crippen LogP contribution >= 0.6 is 0 Å². The van der Waals surface area contributed by atoms with E-state index in [-0.39, 0.29) is 29.5 Å². The number of hydrogen-bond acceptors (Lipinski definition) is 3. The summed E-state index contributed by atoms with van der Waals surface area (Å²) in [5.41, 5.74) is 1.88. The quantitative estimate of drug-likeness (QED) is 0.285. The first-order chi connectivity index (χ1) is 8.52. The Labute approximate surface area is 107 Å². The summed E-state index contributed by atoms with van der Waals surface area (Å²) in [7, 11) is 0. The van der Waals surface area contributed by atoms with Crippen molar-refractivity contribution in [1.29, 1.82) is 0 Å². The van der Waals surface area contributed by atoms with Gasteiger partial charge in [0.05, 0.1) is 11.7 Å². The molecular formula is C15H18O3. The number of epoxide rings is 1.